The number of hydrogen-bond donors (Lipinski definition) is 2. The molecular weight excluding hydrogens is 272 g/mol. The van der Waals surface area contributed by atoms with E-state index in [-0.39, 0.29) is 5.69 Å². The van der Waals surface area contributed by atoms with Gasteiger partial charge in [0, 0.05) is 11.9 Å². The van der Waals surface area contributed by atoms with Crippen LogP contribution in [0.5, 0.6) is 0 Å². The van der Waals surface area contributed by atoms with E-state index in [2.05, 4.69) is 15.0 Å². The number of nitrogens with zero attached hydrogens (tertiary/aromatic N) is 1. The van der Waals surface area contributed by atoms with Crippen LogP contribution in [0.3, 0.4) is 0 Å². The Kier molecular flexibility index (Phi) is 4.50. The van der Waals surface area contributed by atoms with Crippen molar-refractivity contribution in [3.05, 3.63) is 59.9 Å². The average Bonchev–Trinajstić information content (AvgIpc) is 2.52. The summed E-state index contributed by atoms with van der Waals surface area (Å²) in [5.41, 5.74) is 1.20. The van der Waals surface area contributed by atoms with Crippen molar-refractivity contribution >= 4 is 17.6 Å². The summed E-state index contributed by atoms with van der Waals surface area (Å²) in [6.07, 6.45) is 1.42. The maximum absolute atomic E-state index is 11.4. The van der Waals surface area contributed by atoms with Gasteiger partial charge in [0.25, 0.3) is 0 Å². The van der Waals surface area contributed by atoms with Gasteiger partial charge < -0.3 is 15.2 Å². The zero-order valence-corrected chi connectivity index (χ0v) is 11.3. The molecule has 1 unspecified atom stereocenters. The van der Waals surface area contributed by atoms with Crippen molar-refractivity contribution in [2.75, 3.05) is 12.4 Å². The van der Waals surface area contributed by atoms with Gasteiger partial charge in [-0.15, -0.1) is 0 Å². The lowest BCUT2D eigenvalue weighted by Crippen LogP contribution is -2.20. The summed E-state index contributed by atoms with van der Waals surface area (Å²) in [4.78, 5) is 26.7. The lowest BCUT2D eigenvalue weighted by atomic mass is 10.1. The Balaban J connectivity index is 2.26. The number of anilines is 1. The van der Waals surface area contributed by atoms with Gasteiger partial charge in [-0.3, -0.25) is 0 Å². The van der Waals surface area contributed by atoms with E-state index in [4.69, 9.17) is 0 Å². The summed E-state index contributed by atoms with van der Waals surface area (Å²) in [7, 11) is 1.26. The van der Waals surface area contributed by atoms with Crippen LogP contribution in [0.4, 0.5) is 5.69 Å². The van der Waals surface area contributed by atoms with Crippen LogP contribution < -0.4 is 5.32 Å². The lowest BCUT2D eigenvalue weighted by Gasteiger charge is -2.16. The summed E-state index contributed by atoms with van der Waals surface area (Å²) < 4.78 is 4.58. The highest BCUT2D eigenvalue weighted by Gasteiger charge is 2.19. The molecule has 2 N–H and O–H groups in total. The number of aromatic nitrogens is 1. The molecule has 108 valence electrons. The van der Waals surface area contributed by atoms with Crippen LogP contribution >= 0.6 is 0 Å². The summed E-state index contributed by atoms with van der Waals surface area (Å²) in [6, 6.07) is 10.9. The van der Waals surface area contributed by atoms with Gasteiger partial charge in [-0.25, -0.2) is 14.6 Å². The minimum absolute atomic E-state index is 0.111. The molecule has 0 aliphatic heterocycles. The fourth-order valence-electron chi connectivity index (χ4n) is 1.84. The molecule has 0 spiro atoms. The Bertz CT molecular complexity index is 643. The number of ether oxygens (including phenoxy) is 1. The van der Waals surface area contributed by atoms with Crippen LogP contribution in [0.2, 0.25) is 0 Å². The number of methoxy groups -OCH3 is 1. The number of carbonyl (C=O) groups is 2. The number of nitrogens with one attached hydrogen (secondary N) is 1. The molecule has 0 aliphatic rings. The number of benzene rings is 1. The molecule has 6 heteroatoms. The van der Waals surface area contributed by atoms with Gasteiger partial charge in [-0.1, -0.05) is 30.3 Å². The number of aliphatic carboxylic acids is 1. The minimum atomic E-state index is -1.02. The highest BCUT2D eigenvalue weighted by atomic mass is 16.5. The molecule has 0 fully saturated rings. The van der Waals surface area contributed by atoms with Crippen LogP contribution in [0.1, 0.15) is 22.1 Å². The lowest BCUT2D eigenvalue weighted by molar-refractivity contribution is -0.138. The van der Waals surface area contributed by atoms with Crippen LogP contribution in [-0.2, 0) is 9.53 Å². The van der Waals surface area contributed by atoms with Crippen molar-refractivity contribution < 1.29 is 19.4 Å². The first-order chi connectivity index (χ1) is 10.1. The molecule has 1 atom stereocenters. The Morgan fingerprint density at radius 1 is 1.24 bits per heavy atom. The number of carboxylic acid groups (broad SMARTS) is 1. The molecule has 1 aromatic heterocycles. The number of hydrogen-bond acceptors (Lipinski definition) is 5. The first-order valence-corrected chi connectivity index (χ1v) is 6.20. The first kappa shape index (κ1) is 14.5. The molecule has 0 radical (unpaired) electrons. The third-order valence-corrected chi connectivity index (χ3v) is 2.85. The third kappa shape index (κ3) is 3.56. The zero-order chi connectivity index (χ0) is 15.2. The van der Waals surface area contributed by atoms with E-state index in [0.29, 0.717) is 11.3 Å². The van der Waals surface area contributed by atoms with E-state index in [1.807, 2.05) is 6.07 Å². The standard InChI is InChI=1S/C15H14N2O4/c1-21-15(20)12-9-11(7-8-16-12)17-13(14(18)19)10-5-3-2-4-6-10/h2-9,13H,1H3,(H,16,17)(H,18,19). The second kappa shape index (κ2) is 6.51. The monoisotopic (exact) mass is 286 g/mol. The molecule has 0 amide bonds. The molecular formula is C15H14N2O4. The van der Waals surface area contributed by atoms with E-state index in [1.165, 1.54) is 19.4 Å². The smallest absolute Gasteiger partial charge is 0.356 e. The van der Waals surface area contributed by atoms with Crippen molar-refractivity contribution in [2.45, 2.75) is 6.04 Å². The van der Waals surface area contributed by atoms with Crippen molar-refractivity contribution in [3.63, 3.8) is 0 Å². The second-order valence-corrected chi connectivity index (χ2v) is 4.25. The Morgan fingerprint density at radius 3 is 2.57 bits per heavy atom. The van der Waals surface area contributed by atoms with E-state index in [0.717, 1.165) is 0 Å². The van der Waals surface area contributed by atoms with Gasteiger partial charge in [0.1, 0.15) is 5.69 Å². The van der Waals surface area contributed by atoms with Crippen LogP contribution in [-0.4, -0.2) is 29.1 Å². The Morgan fingerprint density at radius 2 is 1.95 bits per heavy atom. The number of carbonyl (C=O) groups excluding carboxylic acids is 1. The first-order valence-electron chi connectivity index (χ1n) is 6.20. The second-order valence-electron chi connectivity index (χ2n) is 4.25. The summed E-state index contributed by atoms with van der Waals surface area (Å²) in [6.45, 7) is 0. The topological polar surface area (TPSA) is 88.5 Å². The average molecular weight is 286 g/mol. The van der Waals surface area contributed by atoms with Gasteiger partial charge in [-0.05, 0) is 17.7 Å². The largest absolute Gasteiger partial charge is 0.479 e. The van der Waals surface area contributed by atoms with Gasteiger partial charge in [0.2, 0.25) is 0 Å². The molecule has 0 saturated carbocycles. The van der Waals surface area contributed by atoms with Crippen molar-refractivity contribution in [1.82, 2.24) is 4.98 Å². The molecule has 21 heavy (non-hydrogen) atoms. The number of esters is 1. The third-order valence-electron chi connectivity index (χ3n) is 2.85. The van der Waals surface area contributed by atoms with Crippen LogP contribution in [0.15, 0.2) is 48.7 Å². The fraction of sp³-hybridized carbons (Fsp3) is 0.133. The molecule has 1 aromatic carbocycles. The summed E-state index contributed by atoms with van der Waals surface area (Å²) in [5, 5.41) is 12.2. The summed E-state index contributed by atoms with van der Waals surface area (Å²) in [5.74, 6) is -1.59. The van der Waals surface area contributed by atoms with E-state index >= 15 is 0 Å². The number of pyridine rings is 1. The fourth-order valence-corrected chi connectivity index (χ4v) is 1.84. The highest BCUT2D eigenvalue weighted by molar-refractivity contribution is 5.88. The Hall–Kier alpha value is -2.89. The van der Waals surface area contributed by atoms with E-state index in [9.17, 15) is 14.7 Å². The number of carboxylic acids is 1. The molecule has 0 bridgehead atoms. The van der Waals surface area contributed by atoms with Gasteiger partial charge >= 0.3 is 11.9 Å². The van der Waals surface area contributed by atoms with Crippen molar-refractivity contribution in [3.8, 4) is 0 Å². The summed E-state index contributed by atoms with van der Waals surface area (Å²) >= 11 is 0. The SMILES string of the molecule is COC(=O)c1cc(NC(C(=O)O)c2ccccc2)ccn1. The predicted octanol–water partition coefficient (Wildman–Crippen LogP) is 2.11. The maximum atomic E-state index is 11.4. The molecule has 1 heterocycles. The van der Waals surface area contributed by atoms with Gasteiger partial charge in [0.15, 0.2) is 6.04 Å². The molecule has 6 nitrogen and oxygen atoms in total. The van der Waals surface area contributed by atoms with Crippen molar-refractivity contribution in [2.24, 2.45) is 0 Å². The molecule has 0 saturated heterocycles. The Labute approximate surface area is 121 Å². The molecule has 0 aliphatic carbocycles. The zero-order valence-electron chi connectivity index (χ0n) is 11.3. The number of rotatable bonds is 5. The maximum Gasteiger partial charge on any atom is 0.356 e. The molecule has 2 rings (SSSR count). The van der Waals surface area contributed by atoms with Gasteiger partial charge in [0.05, 0.1) is 7.11 Å². The minimum Gasteiger partial charge on any atom is -0.479 e. The van der Waals surface area contributed by atoms with E-state index < -0.39 is 18.0 Å². The van der Waals surface area contributed by atoms with Crippen LogP contribution in [0, 0.1) is 0 Å². The highest BCUT2D eigenvalue weighted by Crippen LogP contribution is 2.20. The van der Waals surface area contributed by atoms with Crippen LogP contribution in [0.25, 0.3) is 0 Å². The van der Waals surface area contributed by atoms with E-state index in [1.54, 1.807) is 30.3 Å². The van der Waals surface area contributed by atoms with Crippen molar-refractivity contribution in [1.29, 1.82) is 0 Å². The van der Waals surface area contributed by atoms with Gasteiger partial charge in [-0.2, -0.15) is 0 Å². The normalized spacial score (nSPS) is 11.5. The molecule has 2 aromatic rings. The predicted molar refractivity (Wildman–Crippen MR) is 76.0 cm³/mol. The quantitative estimate of drug-likeness (QED) is 0.818.